The fourth-order valence-electron chi connectivity index (χ4n) is 5.41. The van der Waals surface area contributed by atoms with Crippen molar-refractivity contribution in [2.45, 2.75) is 31.2 Å². The number of aromatic nitrogens is 2. The lowest BCUT2D eigenvalue weighted by Gasteiger charge is -2.45. The molecule has 150 valence electrons. The topological polar surface area (TPSA) is 50.2 Å². The Morgan fingerprint density at radius 1 is 1.21 bits per heavy atom. The monoisotopic (exact) mass is 388 g/mol. The molecule has 1 amide bonds. The predicted octanol–water partition coefficient (Wildman–Crippen LogP) is 2.89. The standard InChI is InChI=1S/C24H28N4O/c1-27-14-16-13-22-20(19-7-5-8-21(27)23(16)19)12-17(15-28(22)2)24(29)26-11-9-18-6-3-4-10-25-18/h3-8,10,14,17,20,22H,9,11-13,15H2,1-2H3,(H,26,29)/t17?,20-,22-/m1/s1. The molecular formula is C24H28N4O. The van der Waals surface area contributed by atoms with E-state index < -0.39 is 0 Å². The highest BCUT2D eigenvalue weighted by molar-refractivity contribution is 5.89. The summed E-state index contributed by atoms with van der Waals surface area (Å²) in [4.78, 5) is 19.7. The molecule has 29 heavy (non-hydrogen) atoms. The van der Waals surface area contributed by atoms with Gasteiger partial charge in [0.05, 0.1) is 5.92 Å². The quantitative estimate of drug-likeness (QED) is 0.748. The van der Waals surface area contributed by atoms with Gasteiger partial charge >= 0.3 is 0 Å². The van der Waals surface area contributed by atoms with Gasteiger partial charge < -0.3 is 14.8 Å². The van der Waals surface area contributed by atoms with Crippen molar-refractivity contribution in [2.24, 2.45) is 13.0 Å². The third-order valence-electron chi connectivity index (χ3n) is 6.81. The molecule has 3 heterocycles. The van der Waals surface area contributed by atoms with E-state index in [9.17, 15) is 4.79 Å². The van der Waals surface area contributed by atoms with E-state index in [1.807, 2.05) is 18.2 Å². The Labute approximate surface area is 171 Å². The lowest BCUT2D eigenvalue weighted by atomic mass is 9.72. The van der Waals surface area contributed by atoms with Gasteiger partial charge in [-0.1, -0.05) is 18.2 Å². The van der Waals surface area contributed by atoms with Crippen LogP contribution in [0.1, 0.15) is 29.2 Å². The zero-order valence-electron chi connectivity index (χ0n) is 17.1. The highest BCUT2D eigenvalue weighted by Gasteiger charge is 2.41. The molecule has 3 aromatic rings. The molecule has 2 aliphatic rings. The summed E-state index contributed by atoms with van der Waals surface area (Å²) in [6, 6.07) is 13.0. The van der Waals surface area contributed by atoms with Crippen LogP contribution in [0.3, 0.4) is 0 Å². The largest absolute Gasteiger partial charge is 0.355 e. The van der Waals surface area contributed by atoms with Crippen molar-refractivity contribution in [3.8, 4) is 0 Å². The van der Waals surface area contributed by atoms with E-state index in [4.69, 9.17) is 0 Å². The van der Waals surface area contributed by atoms with Gasteiger partial charge in [0.15, 0.2) is 0 Å². The van der Waals surface area contributed by atoms with Crippen LogP contribution in [-0.4, -0.2) is 46.5 Å². The first kappa shape index (κ1) is 18.4. The first-order valence-corrected chi connectivity index (χ1v) is 10.6. The van der Waals surface area contributed by atoms with E-state index >= 15 is 0 Å². The summed E-state index contributed by atoms with van der Waals surface area (Å²) in [6.07, 6.45) is 6.86. The molecule has 5 nitrogen and oxygen atoms in total. The molecule has 1 fully saturated rings. The van der Waals surface area contributed by atoms with Gasteiger partial charge in [0.1, 0.15) is 0 Å². The van der Waals surface area contributed by atoms with E-state index in [2.05, 4.69) is 58.3 Å². The number of benzene rings is 1. The number of aryl methyl sites for hydroxylation is 1. The maximum absolute atomic E-state index is 12.9. The number of fused-ring (bicyclic) bond motifs is 2. The minimum atomic E-state index is 0.0329. The van der Waals surface area contributed by atoms with Crippen molar-refractivity contribution in [2.75, 3.05) is 20.1 Å². The average molecular weight is 389 g/mol. The molecule has 3 atom stereocenters. The van der Waals surface area contributed by atoms with Crippen molar-refractivity contribution in [1.82, 2.24) is 19.8 Å². The van der Waals surface area contributed by atoms with Crippen molar-refractivity contribution in [1.29, 1.82) is 0 Å². The number of piperidine rings is 1. The Morgan fingerprint density at radius 3 is 2.93 bits per heavy atom. The third kappa shape index (κ3) is 3.23. The highest BCUT2D eigenvalue weighted by Crippen LogP contribution is 2.44. The fraction of sp³-hybridized carbons (Fsp3) is 0.417. The molecule has 5 heteroatoms. The van der Waals surface area contributed by atoms with Crippen LogP contribution in [0.2, 0.25) is 0 Å². The molecule has 1 N–H and O–H groups in total. The number of pyridine rings is 1. The van der Waals surface area contributed by atoms with Crippen LogP contribution < -0.4 is 5.32 Å². The second kappa shape index (κ2) is 7.30. The molecule has 2 aromatic heterocycles. The zero-order valence-corrected chi connectivity index (χ0v) is 17.1. The smallest absolute Gasteiger partial charge is 0.224 e. The number of likely N-dealkylation sites (tertiary alicyclic amines) is 1. The number of carbonyl (C=O) groups is 1. The Kier molecular flexibility index (Phi) is 4.63. The van der Waals surface area contributed by atoms with Gasteiger partial charge in [-0.15, -0.1) is 0 Å². The molecule has 0 radical (unpaired) electrons. The number of hydrogen-bond donors (Lipinski definition) is 1. The maximum atomic E-state index is 12.9. The summed E-state index contributed by atoms with van der Waals surface area (Å²) in [7, 11) is 4.31. The zero-order chi connectivity index (χ0) is 20.0. The summed E-state index contributed by atoms with van der Waals surface area (Å²) in [6.45, 7) is 1.47. The van der Waals surface area contributed by atoms with Crippen LogP contribution in [0.15, 0.2) is 48.8 Å². The number of hydrogen-bond acceptors (Lipinski definition) is 3. The van der Waals surface area contributed by atoms with E-state index in [0.29, 0.717) is 18.5 Å². The van der Waals surface area contributed by atoms with Crippen LogP contribution >= 0.6 is 0 Å². The molecule has 0 spiro atoms. The lowest BCUT2D eigenvalue weighted by Crippen LogP contribution is -2.51. The minimum absolute atomic E-state index is 0.0329. The number of amides is 1. The first-order valence-electron chi connectivity index (χ1n) is 10.6. The number of rotatable bonds is 4. The molecule has 1 unspecified atom stereocenters. The molecule has 1 aliphatic carbocycles. The second-order valence-electron chi connectivity index (χ2n) is 8.62. The summed E-state index contributed by atoms with van der Waals surface area (Å²) < 4.78 is 2.24. The third-order valence-corrected chi connectivity index (χ3v) is 6.81. The van der Waals surface area contributed by atoms with Crippen LogP contribution in [0.4, 0.5) is 0 Å². The Hall–Kier alpha value is -2.66. The lowest BCUT2D eigenvalue weighted by molar-refractivity contribution is -0.127. The van der Waals surface area contributed by atoms with Crippen LogP contribution in [-0.2, 0) is 24.7 Å². The fourth-order valence-corrected chi connectivity index (χ4v) is 5.41. The number of carbonyl (C=O) groups excluding carboxylic acids is 1. The molecule has 1 aromatic carbocycles. The Morgan fingerprint density at radius 2 is 2.10 bits per heavy atom. The molecule has 0 bridgehead atoms. The highest BCUT2D eigenvalue weighted by atomic mass is 16.1. The van der Waals surface area contributed by atoms with Gasteiger partial charge in [-0.05, 0) is 49.2 Å². The maximum Gasteiger partial charge on any atom is 0.224 e. The van der Waals surface area contributed by atoms with Gasteiger partial charge in [0, 0.05) is 67.5 Å². The number of nitrogens with zero attached hydrogens (tertiary/aromatic N) is 3. The second-order valence-corrected chi connectivity index (χ2v) is 8.62. The van der Waals surface area contributed by atoms with E-state index in [-0.39, 0.29) is 11.8 Å². The van der Waals surface area contributed by atoms with Crippen molar-refractivity contribution in [3.05, 3.63) is 65.6 Å². The minimum Gasteiger partial charge on any atom is -0.355 e. The van der Waals surface area contributed by atoms with Crippen LogP contribution in [0.25, 0.3) is 10.9 Å². The summed E-state index contributed by atoms with van der Waals surface area (Å²) in [5.74, 6) is 0.627. The SMILES string of the molecule is CN1CC(C(=O)NCCc2ccccn2)C[C@@H]2c3cccc4c3c(cn4C)C[C@H]21. The number of nitrogens with one attached hydrogen (secondary N) is 1. The van der Waals surface area contributed by atoms with Gasteiger partial charge in [-0.25, -0.2) is 0 Å². The van der Waals surface area contributed by atoms with Gasteiger partial charge in [0.2, 0.25) is 5.91 Å². The van der Waals surface area contributed by atoms with E-state index in [1.165, 1.54) is 22.0 Å². The van der Waals surface area contributed by atoms with E-state index in [0.717, 1.165) is 31.5 Å². The molecular weight excluding hydrogens is 360 g/mol. The van der Waals surface area contributed by atoms with E-state index in [1.54, 1.807) is 6.20 Å². The molecule has 0 saturated carbocycles. The predicted molar refractivity (Wildman–Crippen MR) is 115 cm³/mol. The average Bonchev–Trinajstić information content (AvgIpc) is 3.06. The van der Waals surface area contributed by atoms with Crippen LogP contribution in [0, 0.1) is 5.92 Å². The molecule has 5 rings (SSSR count). The van der Waals surface area contributed by atoms with Crippen LogP contribution in [0.5, 0.6) is 0 Å². The first-order chi connectivity index (χ1) is 14.1. The Balaban J connectivity index is 1.33. The van der Waals surface area contributed by atoms with Crippen molar-refractivity contribution >= 4 is 16.8 Å². The van der Waals surface area contributed by atoms with Crippen molar-refractivity contribution < 1.29 is 4.79 Å². The Bertz CT molecular complexity index is 1040. The van der Waals surface area contributed by atoms with Gasteiger partial charge in [-0.3, -0.25) is 9.78 Å². The van der Waals surface area contributed by atoms with Gasteiger partial charge in [-0.2, -0.15) is 0 Å². The van der Waals surface area contributed by atoms with Crippen molar-refractivity contribution in [3.63, 3.8) is 0 Å². The number of likely N-dealkylation sites (N-methyl/N-ethyl adjacent to an activating group) is 1. The summed E-state index contributed by atoms with van der Waals surface area (Å²) >= 11 is 0. The molecule has 1 aliphatic heterocycles. The molecule has 1 saturated heterocycles. The van der Waals surface area contributed by atoms with Gasteiger partial charge in [0.25, 0.3) is 0 Å². The summed E-state index contributed by atoms with van der Waals surface area (Å²) in [5.41, 5.74) is 5.20. The normalized spacial score (nSPS) is 23.7. The summed E-state index contributed by atoms with van der Waals surface area (Å²) in [5, 5.41) is 4.57.